The molecule has 14 heavy (non-hydrogen) atoms. The first-order valence-electron chi connectivity index (χ1n) is 4.81. The zero-order valence-electron chi connectivity index (χ0n) is 7.86. The van der Waals surface area contributed by atoms with Gasteiger partial charge in [0, 0.05) is 12.6 Å². The Morgan fingerprint density at radius 3 is 2.86 bits per heavy atom. The Morgan fingerprint density at radius 1 is 1.50 bits per heavy atom. The van der Waals surface area contributed by atoms with E-state index in [4.69, 9.17) is 16.7 Å². The number of hydrogen-bond donors (Lipinski definition) is 1. The van der Waals surface area contributed by atoms with E-state index >= 15 is 0 Å². The van der Waals surface area contributed by atoms with Crippen molar-refractivity contribution in [2.45, 2.75) is 18.9 Å². The lowest BCUT2D eigenvalue weighted by Gasteiger charge is -2.22. The second-order valence-corrected chi connectivity index (χ2v) is 3.85. The van der Waals surface area contributed by atoms with Gasteiger partial charge in [-0.15, -0.1) is 0 Å². The maximum Gasteiger partial charge on any atom is 0.131 e. The quantitative estimate of drug-likeness (QED) is 0.772. The van der Waals surface area contributed by atoms with Crippen molar-refractivity contribution in [2.24, 2.45) is 0 Å². The molecule has 3 nitrogen and oxygen atoms in total. The number of rotatable bonds is 4. The molecule has 0 radical (unpaired) electrons. The minimum Gasteiger partial charge on any atom is -0.395 e. The molecule has 0 atom stereocenters. The van der Waals surface area contributed by atoms with Gasteiger partial charge in [-0.25, -0.2) is 4.98 Å². The maximum atomic E-state index is 8.94. The Bertz CT molecular complexity index is 315. The molecule has 1 aromatic heterocycles. The fourth-order valence-electron chi connectivity index (χ4n) is 1.54. The van der Waals surface area contributed by atoms with Crippen LogP contribution in [0.3, 0.4) is 0 Å². The summed E-state index contributed by atoms with van der Waals surface area (Å²) in [6, 6.07) is 6.12. The second kappa shape index (κ2) is 4.15. The van der Waals surface area contributed by atoms with Crippen LogP contribution in [0.1, 0.15) is 12.8 Å². The third kappa shape index (κ3) is 2.16. The van der Waals surface area contributed by atoms with Crippen molar-refractivity contribution in [3.8, 4) is 0 Å². The number of anilines is 1. The second-order valence-electron chi connectivity index (χ2n) is 3.47. The minimum absolute atomic E-state index is 0.157. The van der Waals surface area contributed by atoms with Crippen LogP contribution < -0.4 is 4.90 Å². The molecule has 0 spiro atoms. The van der Waals surface area contributed by atoms with Crippen LogP contribution in [0.2, 0.25) is 5.15 Å². The van der Waals surface area contributed by atoms with Crippen molar-refractivity contribution in [3.63, 3.8) is 0 Å². The predicted octanol–water partition coefficient (Wildman–Crippen LogP) is 1.70. The molecule has 0 amide bonds. The van der Waals surface area contributed by atoms with Gasteiger partial charge in [-0.05, 0) is 25.0 Å². The van der Waals surface area contributed by atoms with Gasteiger partial charge in [0.1, 0.15) is 11.0 Å². The zero-order chi connectivity index (χ0) is 9.97. The van der Waals surface area contributed by atoms with Crippen LogP contribution in [0.5, 0.6) is 0 Å². The van der Waals surface area contributed by atoms with E-state index in [1.807, 2.05) is 12.1 Å². The lowest BCUT2D eigenvalue weighted by atomic mass is 10.4. The highest BCUT2D eigenvalue weighted by atomic mass is 35.5. The van der Waals surface area contributed by atoms with Crippen LogP contribution in [-0.2, 0) is 0 Å². The van der Waals surface area contributed by atoms with Gasteiger partial charge in [-0.3, -0.25) is 0 Å². The molecule has 1 heterocycles. The summed E-state index contributed by atoms with van der Waals surface area (Å²) in [4.78, 5) is 6.35. The van der Waals surface area contributed by atoms with Crippen molar-refractivity contribution in [3.05, 3.63) is 23.4 Å². The molecule has 1 fully saturated rings. The highest BCUT2D eigenvalue weighted by molar-refractivity contribution is 6.29. The minimum atomic E-state index is 0.157. The largest absolute Gasteiger partial charge is 0.395 e. The van der Waals surface area contributed by atoms with Crippen LogP contribution >= 0.6 is 11.6 Å². The fraction of sp³-hybridized carbons (Fsp3) is 0.500. The Morgan fingerprint density at radius 2 is 2.29 bits per heavy atom. The highest BCUT2D eigenvalue weighted by Crippen LogP contribution is 2.30. The lowest BCUT2D eigenvalue weighted by molar-refractivity contribution is 0.301. The first-order chi connectivity index (χ1) is 6.81. The summed E-state index contributed by atoms with van der Waals surface area (Å²) >= 11 is 5.81. The molecule has 0 bridgehead atoms. The van der Waals surface area contributed by atoms with Crippen molar-refractivity contribution >= 4 is 17.4 Å². The molecule has 1 aliphatic rings. The van der Waals surface area contributed by atoms with Crippen LogP contribution in [0.25, 0.3) is 0 Å². The molecule has 0 aliphatic heterocycles. The molecular weight excluding hydrogens is 200 g/mol. The first kappa shape index (κ1) is 9.74. The summed E-state index contributed by atoms with van der Waals surface area (Å²) in [7, 11) is 0. The van der Waals surface area contributed by atoms with Crippen LogP contribution in [0, 0.1) is 0 Å². The molecule has 76 valence electrons. The van der Waals surface area contributed by atoms with Gasteiger partial charge < -0.3 is 10.0 Å². The SMILES string of the molecule is OCCN(c1cccc(Cl)n1)C1CC1. The Balaban J connectivity index is 2.16. The van der Waals surface area contributed by atoms with Gasteiger partial charge >= 0.3 is 0 Å². The average Bonchev–Trinajstić information content (AvgIpc) is 2.97. The van der Waals surface area contributed by atoms with Crippen molar-refractivity contribution < 1.29 is 5.11 Å². The standard InChI is InChI=1S/C10H13ClN2O/c11-9-2-1-3-10(12-9)13(6-7-14)8-4-5-8/h1-3,8,14H,4-7H2. The van der Waals surface area contributed by atoms with Crippen LogP contribution in [-0.4, -0.2) is 29.3 Å². The number of pyridine rings is 1. The summed E-state index contributed by atoms with van der Waals surface area (Å²) in [6.45, 7) is 0.794. The monoisotopic (exact) mass is 212 g/mol. The molecule has 1 N–H and O–H groups in total. The van der Waals surface area contributed by atoms with Crippen molar-refractivity contribution in [1.29, 1.82) is 0 Å². The number of halogens is 1. The molecule has 2 rings (SSSR count). The number of aliphatic hydroxyl groups is 1. The number of aliphatic hydroxyl groups excluding tert-OH is 1. The normalized spacial score (nSPS) is 15.6. The van der Waals surface area contributed by atoms with Crippen LogP contribution in [0.15, 0.2) is 18.2 Å². The molecule has 1 aliphatic carbocycles. The smallest absolute Gasteiger partial charge is 0.131 e. The third-order valence-electron chi connectivity index (χ3n) is 2.32. The van der Waals surface area contributed by atoms with E-state index in [9.17, 15) is 0 Å². The number of hydrogen-bond acceptors (Lipinski definition) is 3. The van der Waals surface area contributed by atoms with Crippen LogP contribution in [0.4, 0.5) is 5.82 Å². The van der Waals surface area contributed by atoms with E-state index < -0.39 is 0 Å². The molecule has 0 unspecified atom stereocenters. The molecule has 0 saturated heterocycles. The Kier molecular flexibility index (Phi) is 2.89. The third-order valence-corrected chi connectivity index (χ3v) is 2.53. The highest BCUT2D eigenvalue weighted by Gasteiger charge is 2.29. The van der Waals surface area contributed by atoms with Gasteiger partial charge in [-0.2, -0.15) is 0 Å². The van der Waals surface area contributed by atoms with E-state index in [2.05, 4.69) is 9.88 Å². The topological polar surface area (TPSA) is 36.4 Å². The van der Waals surface area contributed by atoms with Gasteiger partial charge in [0.25, 0.3) is 0 Å². The van der Waals surface area contributed by atoms with Gasteiger partial charge in [0.2, 0.25) is 0 Å². The Labute approximate surface area is 88.3 Å². The summed E-state index contributed by atoms with van der Waals surface area (Å²) in [6.07, 6.45) is 2.38. The van der Waals surface area contributed by atoms with E-state index in [1.165, 1.54) is 12.8 Å². The molecule has 4 heteroatoms. The number of aromatic nitrogens is 1. The summed E-state index contributed by atoms with van der Waals surface area (Å²) < 4.78 is 0. The number of nitrogens with zero attached hydrogens (tertiary/aromatic N) is 2. The zero-order valence-corrected chi connectivity index (χ0v) is 8.61. The average molecular weight is 213 g/mol. The van der Waals surface area contributed by atoms with E-state index in [0.29, 0.717) is 17.7 Å². The lowest BCUT2D eigenvalue weighted by Crippen LogP contribution is -2.29. The summed E-state index contributed by atoms with van der Waals surface area (Å²) in [5.41, 5.74) is 0. The predicted molar refractivity (Wildman–Crippen MR) is 56.7 cm³/mol. The molecule has 1 saturated carbocycles. The van der Waals surface area contributed by atoms with Crippen molar-refractivity contribution in [1.82, 2.24) is 4.98 Å². The summed E-state index contributed by atoms with van der Waals surface area (Å²) in [5.74, 6) is 0.869. The maximum absolute atomic E-state index is 8.94. The van der Waals surface area contributed by atoms with Gasteiger partial charge in [0.05, 0.1) is 6.61 Å². The Hall–Kier alpha value is -0.800. The van der Waals surface area contributed by atoms with E-state index in [0.717, 1.165) is 5.82 Å². The molecular formula is C10H13ClN2O. The molecule has 0 aromatic carbocycles. The van der Waals surface area contributed by atoms with E-state index in [1.54, 1.807) is 6.07 Å². The molecule has 1 aromatic rings. The summed E-state index contributed by atoms with van der Waals surface area (Å²) in [5, 5.41) is 9.45. The van der Waals surface area contributed by atoms with E-state index in [-0.39, 0.29) is 6.61 Å². The van der Waals surface area contributed by atoms with Gasteiger partial charge in [0.15, 0.2) is 0 Å². The first-order valence-corrected chi connectivity index (χ1v) is 5.19. The fourth-order valence-corrected chi connectivity index (χ4v) is 1.69. The van der Waals surface area contributed by atoms with Crippen molar-refractivity contribution in [2.75, 3.05) is 18.1 Å². The van der Waals surface area contributed by atoms with Gasteiger partial charge in [-0.1, -0.05) is 17.7 Å².